The van der Waals surface area contributed by atoms with E-state index >= 15 is 0 Å². The molecule has 0 bridgehead atoms. The van der Waals surface area contributed by atoms with Crippen LogP contribution in [0.5, 0.6) is 0 Å². The van der Waals surface area contributed by atoms with Crippen LogP contribution >= 0.6 is 31.9 Å². The molecule has 0 aliphatic carbocycles. The maximum absolute atomic E-state index is 13.9. The van der Waals surface area contributed by atoms with E-state index in [2.05, 4.69) is 31.9 Å². The Balaban J connectivity index is 3.19. The standard InChI is InChI=1S/C13H16Br2F2O7/c1-5(18)21-4-8-10(22-6(2)19)11(23-7(3)20)9(12(14)24-8)13(15,16)17/h8-12H,4H2,1-3H3/t8-,9-,10-,11-,12+/m1/s1. The molecule has 0 N–H and O–H groups in total. The van der Waals surface area contributed by atoms with Crippen molar-refractivity contribution in [1.82, 2.24) is 0 Å². The number of halogens is 4. The number of alkyl halides is 4. The number of hydrogen-bond donors (Lipinski definition) is 0. The first-order chi connectivity index (χ1) is 10.9. The van der Waals surface area contributed by atoms with Gasteiger partial charge in [0.2, 0.25) is 0 Å². The van der Waals surface area contributed by atoms with E-state index in [0.29, 0.717) is 0 Å². The Morgan fingerprint density at radius 2 is 1.54 bits per heavy atom. The molecule has 11 heteroatoms. The predicted octanol–water partition coefficient (Wildman–Crippen LogP) is 2.14. The Labute approximate surface area is 153 Å². The van der Waals surface area contributed by atoms with Crippen molar-refractivity contribution in [2.24, 2.45) is 5.92 Å². The lowest BCUT2D eigenvalue weighted by Gasteiger charge is -2.44. The van der Waals surface area contributed by atoms with Gasteiger partial charge in [-0.1, -0.05) is 15.9 Å². The van der Waals surface area contributed by atoms with E-state index in [4.69, 9.17) is 18.9 Å². The molecule has 0 aromatic carbocycles. The van der Waals surface area contributed by atoms with Crippen LogP contribution < -0.4 is 0 Å². The van der Waals surface area contributed by atoms with Crippen molar-refractivity contribution in [3.05, 3.63) is 0 Å². The Morgan fingerprint density at radius 3 is 1.96 bits per heavy atom. The first-order valence-electron chi connectivity index (χ1n) is 6.77. The molecule has 0 aromatic rings. The van der Waals surface area contributed by atoms with E-state index in [9.17, 15) is 23.2 Å². The van der Waals surface area contributed by atoms with Crippen molar-refractivity contribution in [1.29, 1.82) is 0 Å². The second-order valence-electron chi connectivity index (χ2n) is 5.04. The highest BCUT2D eigenvalue weighted by atomic mass is 79.9. The van der Waals surface area contributed by atoms with Gasteiger partial charge in [0, 0.05) is 20.8 Å². The number of carbonyl (C=O) groups excluding carboxylic acids is 3. The topological polar surface area (TPSA) is 88.1 Å². The van der Waals surface area contributed by atoms with Crippen LogP contribution in [-0.2, 0) is 33.3 Å². The average Bonchev–Trinajstić information content (AvgIpc) is 2.36. The molecule has 0 radical (unpaired) electrons. The Morgan fingerprint density at radius 1 is 1.04 bits per heavy atom. The second kappa shape index (κ2) is 8.52. The minimum absolute atomic E-state index is 0.367. The van der Waals surface area contributed by atoms with Crippen LogP contribution in [0.25, 0.3) is 0 Å². The van der Waals surface area contributed by atoms with Crippen LogP contribution in [0.3, 0.4) is 0 Å². The lowest BCUT2D eigenvalue weighted by molar-refractivity contribution is -0.235. The summed E-state index contributed by atoms with van der Waals surface area (Å²) < 4.78 is 48.0. The van der Waals surface area contributed by atoms with Crippen molar-refractivity contribution in [3.63, 3.8) is 0 Å². The van der Waals surface area contributed by atoms with E-state index in [0.717, 1.165) is 20.8 Å². The summed E-state index contributed by atoms with van der Waals surface area (Å²) in [5, 5.41) is -1.26. The second-order valence-corrected chi connectivity index (χ2v) is 7.00. The minimum Gasteiger partial charge on any atom is -0.463 e. The lowest BCUT2D eigenvalue weighted by Crippen LogP contribution is -2.60. The molecule has 1 aliphatic rings. The summed E-state index contributed by atoms with van der Waals surface area (Å²) in [6, 6.07) is 0. The monoisotopic (exact) mass is 480 g/mol. The Bertz CT molecular complexity index is 497. The van der Waals surface area contributed by atoms with E-state index in [1.807, 2.05) is 0 Å². The molecule has 1 heterocycles. The summed E-state index contributed by atoms with van der Waals surface area (Å²) in [6.45, 7) is 2.88. The lowest BCUT2D eigenvalue weighted by atomic mass is 9.92. The zero-order chi connectivity index (χ0) is 18.7. The highest BCUT2D eigenvalue weighted by molar-refractivity contribution is 9.10. The maximum Gasteiger partial charge on any atom is 0.311 e. The molecule has 0 spiro atoms. The van der Waals surface area contributed by atoms with Crippen molar-refractivity contribution in [2.45, 2.75) is 48.9 Å². The molecule has 1 fully saturated rings. The van der Waals surface area contributed by atoms with Crippen molar-refractivity contribution < 1.29 is 42.1 Å². The number of ether oxygens (including phenoxy) is 4. The molecular weight excluding hydrogens is 466 g/mol. The van der Waals surface area contributed by atoms with Gasteiger partial charge in [-0.05, 0) is 15.9 Å². The fraction of sp³-hybridized carbons (Fsp3) is 0.769. The number of hydrogen-bond acceptors (Lipinski definition) is 7. The SMILES string of the molecule is CC(=O)OC[C@H]1O[C@H](Br)[C@H](C(F)(F)Br)[C@@H](OC(C)=O)[C@@H]1OC(C)=O. The Kier molecular flexibility index (Phi) is 7.54. The number of rotatable bonds is 5. The molecule has 5 atom stereocenters. The first kappa shape index (κ1) is 21.2. The van der Waals surface area contributed by atoms with Crippen LogP contribution in [0.4, 0.5) is 8.78 Å². The van der Waals surface area contributed by atoms with Gasteiger partial charge in [0.25, 0.3) is 0 Å². The van der Waals surface area contributed by atoms with Crippen LogP contribution in [0, 0.1) is 5.92 Å². The van der Waals surface area contributed by atoms with E-state index in [1.54, 1.807) is 0 Å². The fourth-order valence-electron chi connectivity index (χ4n) is 2.23. The predicted molar refractivity (Wildman–Crippen MR) is 82.7 cm³/mol. The molecule has 1 rings (SSSR count). The van der Waals surface area contributed by atoms with Crippen LogP contribution in [0.2, 0.25) is 0 Å². The van der Waals surface area contributed by atoms with Gasteiger partial charge in [-0.15, -0.1) is 0 Å². The molecule has 0 amide bonds. The Hall–Kier alpha value is -0.810. The van der Waals surface area contributed by atoms with Crippen molar-refractivity contribution >= 4 is 49.8 Å². The molecular formula is C13H16Br2F2O7. The zero-order valence-electron chi connectivity index (χ0n) is 13.0. The van der Waals surface area contributed by atoms with E-state index in [1.165, 1.54) is 0 Å². The summed E-state index contributed by atoms with van der Waals surface area (Å²) in [7, 11) is 0. The van der Waals surface area contributed by atoms with Gasteiger partial charge >= 0.3 is 22.7 Å². The fourth-order valence-corrected chi connectivity index (χ4v) is 3.99. The van der Waals surface area contributed by atoms with E-state index in [-0.39, 0.29) is 6.61 Å². The normalized spacial score (nSPS) is 30.4. The van der Waals surface area contributed by atoms with Gasteiger partial charge in [-0.3, -0.25) is 14.4 Å². The summed E-state index contributed by atoms with van der Waals surface area (Å²) in [4.78, 5) is 30.1. The van der Waals surface area contributed by atoms with Gasteiger partial charge in [-0.2, -0.15) is 8.78 Å². The third-order valence-corrected chi connectivity index (χ3v) is 4.38. The highest BCUT2D eigenvalue weighted by Gasteiger charge is 2.58. The molecule has 0 saturated carbocycles. The van der Waals surface area contributed by atoms with Gasteiger partial charge in [0.15, 0.2) is 12.2 Å². The number of carbonyl (C=O) groups is 3. The van der Waals surface area contributed by atoms with Gasteiger partial charge < -0.3 is 18.9 Å². The van der Waals surface area contributed by atoms with Gasteiger partial charge in [0.05, 0.1) is 0 Å². The zero-order valence-corrected chi connectivity index (χ0v) is 16.1. The molecule has 24 heavy (non-hydrogen) atoms. The summed E-state index contributed by atoms with van der Waals surface area (Å²) in [6.07, 6.45) is -4.01. The summed E-state index contributed by atoms with van der Waals surface area (Å²) >= 11 is 5.18. The largest absolute Gasteiger partial charge is 0.463 e. The maximum atomic E-state index is 13.9. The van der Waals surface area contributed by atoms with Crippen molar-refractivity contribution in [2.75, 3.05) is 6.61 Å². The van der Waals surface area contributed by atoms with Crippen LogP contribution in [0.15, 0.2) is 0 Å². The quantitative estimate of drug-likeness (QED) is 0.337. The summed E-state index contributed by atoms with van der Waals surface area (Å²) in [5.41, 5.74) is 0. The van der Waals surface area contributed by atoms with Crippen LogP contribution in [0.1, 0.15) is 20.8 Å². The van der Waals surface area contributed by atoms with Gasteiger partial charge in [0.1, 0.15) is 23.6 Å². The molecule has 1 aliphatic heterocycles. The average molecular weight is 482 g/mol. The highest BCUT2D eigenvalue weighted by Crippen LogP contribution is 2.45. The molecule has 7 nitrogen and oxygen atoms in total. The van der Waals surface area contributed by atoms with Crippen molar-refractivity contribution in [3.8, 4) is 0 Å². The molecule has 0 unspecified atom stereocenters. The van der Waals surface area contributed by atoms with Gasteiger partial charge in [-0.25, -0.2) is 0 Å². The molecule has 0 aromatic heterocycles. The number of esters is 3. The smallest absolute Gasteiger partial charge is 0.311 e. The molecule has 1 saturated heterocycles. The summed E-state index contributed by atoms with van der Waals surface area (Å²) in [5.74, 6) is -3.97. The minimum atomic E-state index is -3.49. The third kappa shape index (κ3) is 5.92. The first-order valence-corrected chi connectivity index (χ1v) is 8.48. The van der Waals surface area contributed by atoms with Crippen LogP contribution in [-0.4, -0.2) is 52.7 Å². The molecule has 138 valence electrons. The third-order valence-electron chi connectivity index (χ3n) is 3.06. The van der Waals surface area contributed by atoms with E-state index < -0.39 is 52.0 Å².